The van der Waals surface area contributed by atoms with Gasteiger partial charge in [-0.25, -0.2) is 4.79 Å². The lowest BCUT2D eigenvalue weighted by Gasteiger charge is -2.25. The van der Waals surface area contributed by atoms with Crippen LogP contribution in [0.25, 0.3) is 0 Å². The zero-order chi connectivity index (χ0) is 15.3. The zero-order valence-corrected chi connectivity index (χ0v) is 12.3. The predicted molar refractivity (Wildman–Crippen MR) is 80.3 cm³/mol. The Kier molecular flexibility index (Phi) is 4.96. The molecule has 0 spiro atoms. The van der Waals surface area contributed by atoms with Gasteiger partial charge in [0.1, 0.15) is 0 Å². The summed E-state index contributed by atoms with van der Waals surface area (Å²) >= 11 is 0. The Bertz CT molecular complexity index is 505. The molecule has 21 heavy (non-hydrogen) atoms. The van der Waals surface area contributed by atoms with E-state index >= 15 is 0 Å². The van der Waals surface area contributed by atoms with Crippen molar-refractivity contribution in [1.29, 1.82) is 0 Å². The Morgan fingerprint density at radius 3 is 2.57 bits per heavy atom. The Labute approximate surface area is 124 Å². The lowest BCUT2D eigenvalue weighted by atomic mass is 9.83. The highest BCUT2D eigenvalue weighted by Gasteiger charge is 2.38. The van der Waals surface area contributed by atoms with Crippen molar-refractivity contribution in [2.45, 2.75) is 26.2 Å². The number of carbonyl (C=O) groups excluding carboxylic acids is 1. The maximum absolute atomic E-state index is 12.3. The SMILES string of the molecule is CCC1(C(=O)NCCc2ccc(C(=O)O)cc2)CCNC1. The fraction of sp³-hybridized carbons (Fsp3) is 0.500. The minimum atomic E-state index is -0.923. The molecule has 1 amide bonds. The number of carbonyl (C=O) groups is 2. The van der Waals surface area contributed by atoms with E-state index in [1.165, 1.54) is 0 Å². The molecule has 1 aliphatic heterocycles. The van der Waals surface area contributed by atoms with Gasteiger partial charge in [-0.1, -0.05) is 19.1 Å². The summed E-state index contributed by atoms with van der Waals surface area (Å²) in [4.78, 5) is 23.1. The van der Waals surface area contributed by atoms with E-state index in [0.29, 0.717) is 13.0 Å². The molecule has 0 aliphatic carbocycles. The lowest BCUT2D eigenvalue weighted by Crippen LogP contribution is -2.42. The molecular formula is C16H22N2O3. The number of hydrogen-bond acceptors (Lipinski definition) is 3. The quantitative estimate of drug-likeness (QED) is 0.740. The molecule has 1 aromatic rings. The monoisotopic (exact) mass is 290 g/mol. The highest BCUT2D eigenvalue weighted by molar-refractivity contribution is 5.87. The van der Waals surface area contributed by atoms with Gasteiger partial charge in [-0.15, -0.1) is 0 Å². The second-order valence-corrected chi connectivity index (χ2v) is 5.57. The molecule has 1 aromatic carbocycles. The smallest absolute Gasteiger partial charge is 0.335 e. The van der Waals surface area contributed by atoms with Crippen molar-refractivity contribution in [3.05, 3.63) is 35.4 Å². The largest absolute Gasteiger partial charge is 0.478 e. The minimum Gasteiger partial charge on any atom is -0.478 e. The third-order valence-corrected chi connectivity index (χ3v) is 4.30. The number of aromatic carboxylic acids is 1. The van der Waals surface area contributed by atoms with Crippen molar-refractivity contribution in [1.82, 2.24) is 10.6 Å². The minimum absolute atomic E-state index is 0.122. The second-order valence-electron chi connectivity index (χ2n) is 5.57. The number of carboxylic acids is 1. The normalized spacial score (nSPS) is 21.2. The van der Waals surface area contributed by atoms with E-state index in [4.69, 9.17) is 5.11 Å². The summed E-state index contributed by atoms with van der Waals surface area (Å²) in [6.07, 6.45) is 2.45. The fourth-order valence-corrected chi connectivity index (χ4v) is 2.72. The van der Waals surface area contributed by atoms with Crippen LogP contribution in [0.1, 0.15) is 35.7 Å². The molecule has 114 valence electrons. The number of nitrogens with one attached hydrogen (secondary N) is 2. The molecule has 0 aromatic heterocycles. The summed E-state index contributed by atoms with van der Waals surface area (Å²) in [7, 11) is 0. The first-order valence-corrected chi connectivity index (χ1v) is 7.39. The van der Waals surface area contributed by atoms with Gasteiger partial charge in [-0.2, -0.15) is 0 Å². The molecule has 1 saturated heterocycles. The van der Waals surface area contributed by atoms with Crippen LogP contribution >= 0.6 is 0 Å². The van der Waals surface area contributed by atoms with Crippen LogP contribution in [0.5, 0.6) is 0 Å². The van der Waals surface area contributed by atoms with Gasteiger partial charge in [0.05, 0.1) is 11.0 Å². The van der Waals surface area contributed by atoms with Crippen LogP contribution in [0.2, 0.25) is 0 Å². The first kappa shape index (κ1) is 15.5. The van der Waals surface area contributed by atoms with Crippen LogP contribution < -0.4 is 10.6 Å². The van der Waals surface area contributed by atoms with E-state index < -0.39 is 5.97 Å². The molecule has 2 rings (SSSR count). The van der Waals surface area contributed by atoms with Gasteiger partial charge in [0.15, 0.2) is 0 Å². The van der Waals surface area contributed by atoms with E-state index in [0.717, 1.165) is 31.5 Å². The lowest BCUT2D eigenvalue weighted by molar-refractivity contribution is -0.130. The summed E-state index contributed by atoms with van der Waals surface area (Å²) in [5, 5.41) is 15.1. The number of benzene rings is 1. The van der Waals surface area contributed by atoms with Crippen LogP contribution in [0.3, 0.4) is 0 Å². The predicted octanol–water partition coefficient (Wildman–Crippen LogP) is 1.43. The van der Waals surface area contributed by atoms with Gasteiger partial charge in [0.2, 0.25) is 5.91 Å². The Morgan fingerprint density at radius 1 is 1.33 bits per heavy atom. The number of rotatable bonds is 6. The van der Waals surface area contributed by atoms with Crippen LogP contribution in [0.4, 0.5) is 0 Å². The molecule has 1 atom stereocenters. The standard InChI is InChI=1S/C16H22N2O3/c1-2-16(8-10-17-11-16)15(21)18-9-7-12-3-5-13(6-4-12)14(19)20/h3-6,17H,2,7-11H2,1H3,(H,18,21)(H,19,20). The van der Waals surface area contributed by atoms with Crippen LogP contribution in [-0.4, -0.2) is 36.6 Å². The highest BCUT2D eigenvalue weighted by Crippen LogP contribution is 2.29. The van der Waals surface area contributed by atoms with E-state index in [1.807, 2.05) is 0 Å². The molecule has 0 radical (unpaired) electrons. The molecule has 5 heteroatoms. The molecule has 1 aliphatic rings. The average molecular weight is 290 g/mol. The molecule has 5 nitrogen and oxygen atoms in total. The summed E-state index contributed by atoms with van der Waals surface area (Å²) < 4.78 is 0. The van der Waals surface area contributed by atoms with E-state index in [-0.39, 0.29) is 16.9 Å². The van der Waals surface area contributed by atoms with Gasteiger partial charge in [-0.3, -0.25) is 4.79 Å². The van der Waals surface area contributed by atoms with Gasteiger partial charge < -0.3 is 15.7 Å². The molecule has 1 unspecified atom stereocenters. The van der Waals surface area contributed by atoms with Crippen LogP contribution in [-0.2, 0) is 11.2 Å². The Hall–Kier alpha value is -1.88. The third kappa shape index (κ3) is 3.61. The average Bonchev–Trinajstić information content (AvgIpc) is 2.98. The molecule has 3 N–H and O–H groups in total. The molecular weight excluding hydrogens is 268 g/mol. The van der Waals surface area contributed by atoms with Gasteiger partial charge in [-0.05, 0) is 43.5 Å². The summed E-state index contributed by atoms with van der Waals surface area (Å²) in [5.74, 6) is -0.800. The van der Waals surface area contributed by atoms with Gasteiger partial charge >= 0.3 is 5.97 Å². The van der Waals surface area contributed by atoms with Crippen molar-refractivity contribution in [2.75, 3.05) is 19.6 Å². The van der Waals surface area contributed by atoms with E-state index in [9.17, 15) is 9.59 Å². The van der Waals surface area contributed by atoms with Crippen molar-refractivity contribution in [3.63, 3.8) is 0 Å². The molecule has 1 heterocycles. The van der Waals surface area contributed by atoms with Crippen LogP contribution in [0.15, 0.2) is 24.3 Å². The first-order valence-electron chi connectivity index (χ1n) is 7.39. The first-order chi connectivity index (χ1) is 10.1. The third-order valence-electron chi connectivity index (χ3n) is 4.30. The van der Waals surface area contributed by atoms with Crippen molar-refractivity contribution >= 4 is 11.9 Å². The molecule has 1 fully saturated rings. The van der Waals surface area contributed by atoms with Crippen LogP contribution in [0, 0.1) is 5.41 Å². The number of carboxylic acid groups (broad SMARTS) is 1. The molecule has 0 saturated carbocycles. The van der Waals surface area contributed by atoms with Crippen molar-refractivity contribution < 1.29 is 14.7 Å². The summed E-state index contributed by atoms with van der Waals surface area (Å²) in [6, 6.07) is 6.77. The maximum atomic E-state index is 12.3. The fourth-order valence-electron chi connectivity index (χ4n) is 2.72. The molecule has 0 bridgehead atoms. The zero-order valence-electron chi connectivity index (χ0n) is 12.3. The Morgan fingerprint density at radius 2 is 2.05 bits per heavy atom. The maximum Gasteiger partial charge on any atom is 0.335 e. The van der Waals surface area contributed by atoms with E-state index in [2.05, 4.69) is 17.6 Å². The van der Waals surface area contributed by atoms with E-state index in [1.54, 1.807) is 24.3 Å². The van der Waals surface area contributed by atoms with Gasteiger partial charge in [0, 0.05) is 13.1 Å². The number of amides is 1. The summed E-state index contributed by atoms with van der Waals surface area (Å²) in [5.41, 5.74) is 1.05. The topological polar surface area (TPSA) is 78.4 Å². The second kappa shape index (κ2) is 6.72. The number of hydrogen-bond donors (Lipinski definition) is 3. The summed E-state index contributed by atoms with van der Waals surface area (Å²) in [6.45, 7) is 4.28. The Balaban J connectivity index is 1.83. The van der Waals surface area contributed by atoms with Crippen molar-refractivity contribution in [3.8, 4) is 0 Å². The van der Waals surface area contributed by atoms with Gasteiger partial charge in [0.25, 0.3) is 0 Å². The highest BCUT2D eigenvalue weighted by atomic mass is 16.4. The van der Waals surface area contributed by atoms with Crippen molar-refractivity contribution in [2.24, 2.45) is 5.41 Å².